The van der Waals surface area contributed by atoms with E-state index in [0.29, 0.717) is 6.42 Å². The number of hydrogen-bond donors (Lipinski definition) is 0. The van der Waals surface area contributed by atoms with E-state index in [9.17, 15) is 9.59 Å². The summed E-state index contributed by atoms with van der Waals surface area (Å²) in [6.07, 6.45) is 1.44. The Morgan fingerprint density at radius 2 is 2.06 bits per heavy atom. The van der Waals surface area contributed by atoms with Crippen LogP contribution in [0.4, 0.5) is 0 Å². The molecule has 0 aliphatic heterocycles. The first-order valence-corrected chi connectivity index (χ1v) is 6.88. The van der Waals surface area contributed by atoms with Crippen molar-refractivity contribution in [1.82, 2.24) is 0 Å². The highest BCUT2D eigenvalue weighted by molar-refractivity contribution is 7.99. The maximum atomic E-state index is 11.6. The van der Waals surface area contributed by atoms with Crippen molar-refractivity contribution in [3.05, 3.63) is 30.3 Å². The highest BCUT2D eigenvalue weighted by atomic mass is 32.2. The summed E-state index contributed by atoms with van der Waals surface area (Å²) in [5.41, 5.74) is 0. The van der Waals surface area contributed by atoms with Gasteiger partial charge in [0.1, 0.15) is 11.6 Å². The zero-order chi connectivity index (χ0) is 12.3. The standard InChI is InChI=1S/C14H16O2S/c1-10(15)14-11(7-8-13(14)16)9-17-12-5-3-2-4-6-12/h2-6,11,14H,7-9H2,1H3. The minimum absolute atomic E-state index is 0.0335. The Kier molecular flexibility index (Phi) is 4.00. The van der Waals surface area contributed by atoms with Crippen LogP contribution in [-0.4, -0.2) is 17.3 Å². The number of benzene rings is 1. The monoisotopic (exact) mass is 248 g/mol. The Balaban J connectivity index is 1.95. The number of ketones is 2. The zero-order valence-corrected chi connectivity index (χ0v) is 10.7. The molecule has 2 unspecified atom stereocenters. The van der Waals surface area contributed by atoms with Crippen molar-refractivity contribution in [3.8, 4) is 0 Å². The molecule has 0 radical (unpaired) electrons. The number of Topliss-reactive ketones (excluding diaryl/α,β-unsaturated/α-hetero) is 2. The lowest BCUT2D eigenvalue weighted by Gasteiger charge is -2.14. The van der Waals surface area contributed by atoms with Crippen molar-refractivity contribution >= 4 is 23.3 Å². The minimum atomic E-state index is -0.341. The number of thioether (sulfide) groups is 1. The van der Waals surface area contributed by atoms with Crippen LogP contribution in [0.15, 0.2) is 35.2 Å². The molecule has 0 amide bonds. The number of hydrogen-bond acceptors (Lipinski definition) is 3. The molecule has 17 heavy (non-hydrogen) atoms. The van der Waals surface area contributed by atoms with Gasteiger partial charge in [-0.05, 0) is 31.4 Å². The molecule has 0 saturated heterocycles. The fraction of sp³-hybridized carbons (Fsp3) is 0.429. The zero-order valence-electron chi connectivity index (χ0n) is 9.89. The minimum Gasteiger partial charge on any atom is -0.299 e. The molecule has 1 aromatic rings. The lowest BCUT2D eigenvalue weighted by molar-refractivity contribution is -0.130. The SMILES string of the molecule is CC(=O)C1C(=O)CCC1CSc1ccccc1. The highest BCUT2D eigenvalue weighted by Gasteiger charge is 2.37. The Hall–Kier alpha value is -1.09. The third-order valence-corrected chi connectivity index (χ3v) is 4.43. The molecule has 0 spiro atoms. The van der Waals surface area contributed by atoms with E-state index in [0.717, 1.165) is 12.2 Å². The molecule has 0 aromatic heterocycles. The average Bonchev–Trinajstić information content (AvgIpc) is 2.69. The molecule has 2 rings (SSSR count). The van der Waals surface area contributed by atoms with Crippen LogP contribution < -0.4 is 0 Å². The second-order valence-corrected chi connectivity index (χ2v) is 5.57. The van der Waals surface area contributed by atoms with Gasteiger partial charge in [0.25, 0.3) is 0 Å². The lowest BCUT2D eigenvalue weighted by atomic mass is 9.94. The first kappa shape index (κ1) is 12.4. The van der Waals surface area contributed by atoms with E-state index in [1.165, 1.54) is 11.8 Å². The van der Waals surface area contributed by atoms with Gasteiger partial charge in [-0.15, -0.1) is 11.8 Å². The summed E-state index contributed by atoms with van der Waals surface area (Å²) in [5, 5.41) is 0. The first-order valence-electron chi connectivity index (χ1n) is 5.89. The molecule has 2 atom stereocenters. The van der Waals surface area contributed by atoms with E-state index in [2.05, 4.69) is 12.1 Å². The molecule has 1 aliphatic rings. The third-order valence-electron chi connectivity index (χ3n) is 3.23. The fourth-order valence-corrected chi connectivity index (χ4v) is 3.49. The maximum Gasteiger partial charge on any atom is 0.143 e. The fourth-order valence-electron chi connectivity index (χ4n) is 2.37. The smallest absolute Gasteiger partial charge is 0.143 e. The summed E-state index contributed by atoms with van der Waals surface area (Å²) >= 11 is 1.74. The molecule has 90 valence electrons. The average molecular weight is 248 g/mol. The molecule has 1 saturated carbocycles. The van der Waals surface area contributed by atoms with E-state index in [1.807, 2.05) is 18.2 Å². The van der Waals surface area contributed by atoms with Crippen molar-refractivity contribution in [2.75, 3.05) is 5.75 Å². The molecule has 0 bridgehead atoms. The molecule has 3 heteroatoms. The van der Waals surface area contributed by atoms with Gasteiger partial charge < -0.3 is 0 Å². The number of carbonyl (C=O) groups excluding carboxylic acids is 2. The van der Waals surface area contributed by atoms with Gasteiger partial charge in [0, 0.05) is 17.1 Å². The van der Waals surface area contributed by atoms with Crippen LogP contribution in [0.1, 0.15) is 19.8 Å². The summed E-state index contributed by atoms with van der Waals surface area (Å²) in [6.45, 7) is 1.54. The second kappa shape index (κ2) is 5.50. The highest BCUT2D eigenvalue weighted by Crippen LogP contribution is 2.34. The summed E-state index contributed by atoms with van der Waals surface area (Å²) in [6, 6.07) is 10.1. The van der Waals surface area contributed by atoms with Gasteiger partial charge in [0.2, 0.25) is 0 Å². The third kappa shape index (κ3) is 2.97. The van der Waals surface area contributed by atoms with Crippen molar-refractivity contribution in [3.63, 3.8) is 0 Å². The quantitative estimate of drug-likeness (QED) is 0.607. The first-order chi connectivity index (χ1) is 8.18. The predicted octanol–water partition coefficient (Wildman–Crippen LogP) is 2.96. The van der Waals surface area contributed by atoms with Crippen LogP contribution in [0.25, 0.3) is 0 Å². The van der Waals surface area contributed by atoms with Crippen LogP contribution in [-0.2, 0) is 9.59 Å². The van der Waals surface area contributed by atoms with Crippen LogP contribution in [0.3, 0.4) is 0 Å². The molecular formula is C14H16O2S. The molecule has 2 nitrogen and oxygen atoms in total. The van der Waals surface area contributed by atoms with E-state index in [1.54, 1.807) is 11.8 Å². The lowest BCUT2D eigenvalue weighted by Crippen LogP contribution is -2.23. The van der Waals surface area contributed by atoms with E-state index in [-0.39, 0.29) is 23.4 Å². The van der Waals surface area contributed by atoms with Crippen molar-refractivity contribution in [1.29, 1.82) is 0 Å². The normalized spacial score (nSPS) is 23.9. The van der Waals surface area contributed by atoms with Crippen molar-refractivity contribution in [2.24, 2.45) is 11.8 Å². The van der Waals surface area contributed by atoms with Gasteiger partial charge in [-0.1, -0.05) is 18.2 Å². The van der Waals surface area contributed by atoms with E-state index < -0.39 is 0 Å². The Morgan fingerprint density at radius 1 is 1.35 bits per heavy atom. The topological polar surface area (TPSA) is 34.1 Å². The van der Waals surface area contributed by atoms with Gasteiger partial charge in [-0.2, -0.15) is 0 Å². The summed E-state index contributed by atoms with van der Waals surface area (Å²) in [5.74, 6) is 0.916. The number of rotatable bonds is 4. The Morgan fingerprint density at radius 3 is 2.71 bits per heavy atom. The van der Waals surface area contributed by atoms with Gasteiger partial charge in [0.05, 0.1) is 5.92 Å². The molecule has 1 fully saturated rings. The van der Waals surface area contributed by atoms with E-state index >= 15 is 0 Å². The molecule has 1 aromatic carbocycles. The van der Waals surface area contributed by atoms with Crippen molar-refractivity contribution in [2.45, 2.75) is 24.7 Å². The summed E-state index contributed by atoms with van der Waals surface area (Å²) in [7, 11) is 0. The molecular weight excluding hydrogens is 232 g/mol. The molecule has 0 N–H and O–H groups in total. The van der Waals surface area contributed by atoms with E-state index in [4.69, 9.17) is 0 Å². The van der Waals surface area contributed by atoms with Crippen LogP contribution in [0.2, 0.25) is 0 Å². The molecule has 0 heterocycles. The number of carbonyl (C=O) groups is 2. The van der Waals surface area contributed by atoms with Gasteiger partial charge in [-0.3, -0.25) is 9.59 Å². The Labute approximate surface area is 106 Å². The van der Waals surface area contributed by atoms with Crippen LogP contribution in [0.5, 0.6) is 0 Å². The molecule has 1 aliphatic carbocycles. The van der Waals surface area contributed by atoms with Crippen LogP contribution >= 0.6 is 11.8 Å². The van der Waals surface area contributed by atoms with Gasteiger partial charge >= 0.3 is 0 Å². The van der Waals surface area contributed by atoms with Gasteiger partial charge in [0.15, 0.2) is 0 Å². The van der Waals surface area contributed by atoms with Gasteiger partial charge in [-0.25, -0.2) is 0 Å². The van der Waals surface area contributed by atoms with Crippen LogP contribution in [0, 0.1) is 11.8 Å². The second-order valence-electron chi connectivity index (χ2n) is 4.48. The predicted molar refractivity (Wildman–Crippen MR) is 69.1 cm³/mol. The summed E-state index contributed by atoms with van der Waals surface area (Å²) in [4.78, 5) is 24.3. The van der Waals surface area contributed by atoms with Crippen molar-refractivity contribution < 1.29 is 9.59 Å². The summed E-state index contributed by atoms with van der Waals surface area (Å²) < 4.78 is 0. The maximum absolute atomic E-state index is 11.6. The largest absolute Gasteiger partial charge is 0.299 e. The Bertz CT molecular complexity index is 413.